The zero-order chi connectivity index (χ0) is 24.3. The number of nitrogens with zero attached hydrogens (tertiary/aromatic N) is 1. The molecule has 2 aromatic carbocycles. The van der Waals surface area contributed by atoms with Gasteiger partial charge in [0.25, 0.3) is 0 Å². The molecule has 0 unspecified atom stereocenters. The van der Waals surface area contributed by atoms with Gasteiger partial charge in [0.2, 0.25) is 11.8 Å². The van der Waals surface area contributed by atoms with Crippen LogP contribution in [0.25, 0.3) is 0 Å². The van der Waals surface area contributed by atoms with Crippen molar-refractivity contribution < 1.29 is 9.59 Å². The first kappa shape index (κ1) is 26.9. The molecular formula is C27H34Cl2N2O2S. The Kier molecular flexibility index (Phi) is 11.1. The first-order chi connectivity index (χ1) is 16.5. The van der Waals surface area contributed by atoms with E-state index in [4.69, 9.17) is 23.2 Å². The van der Waals surface area contributed by atoms with E-state index in [0.29, 0.717) is 40.9 Å². The van der Waals surface area contributed by atoms with Gasteiger partial charge in [0.05, 0.1) is 5.75 Å². The van der Waals surface area contributed by atoms with Crippen LogP contribution in [-0.4, -0.2) is 41.1 Å². The van der Waals surface area contributed by atoms with Gasteiger partial charge in [-0.25, -0.2) is 0 Å². The minimum absolute atomic E-state index is 0.0170. The molecule has 1 atom stereocenters. The van der Waals surface area contributed by atoms with E-state index < -0.39 is 6.04 Å². The highest BCUT2D eigenvalue weighted by Gasteiger charge is 2.29. The lowest BCUT2D eigenvalue weighted by atomic mass is 9.95. The Labute approximate surface area is 217 Å². The maximum atomic E-state index is 13.4. The Balaban J connectivity index is 1.65. The van der Waals surface area contributed by atoms with Gasteiger partial charge in [-0.3, -0.25) is 9.59 Å². The normalized spacial score (nSPS) is 15.0. The molecule has 2 aromatic rings. The van der Waals surface area contributed by atoms with Crippen LogP contribution in [0.2, 0.25) is 10.0 Å². The van der Waals surface area contributed by atoms with Crippen LogP contribution in [0.15, 0.2) is 48.5 Å². The molecule has 4 nitrogen and oxygen atoms in total. The van der Waals surface area contributed by atoms with Crippen molar-refractivity contribution in [2.45, 2.75) is 69.7 Å². The molecule has 3 rings (SSSR count). The SMILES string of the molecule is CC[C@@H](C(=O)NC1CCCCC1)N(CCc1ccccc1)C(=O)CSCc1ccc(Cl)cc1Cl. The lowest BCUT2D eigenvalue weighted by Gasteiger charge is -2.32. The molecule has 0 spiro atoms. The van der Waals surface area contributed by atoms with E-state index in [1.807, 2.05) is 31.2 Å². The summed E-state index contributed by atoms with van der Waals surface area (Å²) < 4.78 is 0. The molecule has 7 heteroatoms. The average molecular weight is 522 g/mol. The van der Waals surface area contributed by atoms with E-state index >= 15 is 0 Å². The Bertz CT molecular complexity index is 935. The summed E-state index contributed by atoms with van der Waals surface area (Å²) in [5, 5.41) is 4.43. The van der Waals surface area contributed by atoms with E-state index in [2.05, 4.69) is 17.4 Å². The molecule has 34 heavy (non-hydrogen) atoms. The van der Waals surface area contributed by atoms with Gasteiger partial charge in [-0.05, 0) is 48.9 Å². The van der Waals surface area contributed by atoms with Crippen molar-refractivity contribution in [3.63, 3.8) is 0 Å². The second kappa shape index (κ2) is 14.0. The van der Waals surface area contributed by atoms with Gasteiger partial charge in [-0.2, -0.15) is 0 Å². The maximum Gasteiger partial charge on any atom is 0.243 e. The fourth-order valence-electron chi connectivity index (χ4n) is 4.41. The molecule has 2 amide bonds. The van der Waals surface area contributed by atoms with E-state index in [0.717, 1.165) is 36.8 Å². The maximum absolute atomic E-state index is 13.4. The topological polar surface area (TPSA) is 49.4 Å². The molecule has 1 saturated carbocycles. The van der Waals surface area contributed by atoms with E-state index in [1.165, 1.54) is 18.2 Å². The third-order valence-corrected chi connectivity index (χ3v) is 7.87. The molecule has 0 aliphatic heterocycles. The van der Waals surface area contributed by atoms with Crippen LogP contribution in [0.1, 0.15) is 56.6 Å². The van der Waals surface area contributed by atoms with Crippen molar-refractivity contribution in [2.24, 2.45) is 0 Å². The number of amides is 2. The highest BCUT2D eigenvalue weighted by atomic mass is 35.5. The summed E-state index contributed by atoms with van der Waals surface area (Å²) in [5.41, 5.74) is 2.10. The minimum atomic E-state index is -0.460. The molecular weight excluding hydrogens is 487 g/mol. The average Bonchev–Trinajstić information content (AvgIpc) is 2.84. The summed E-state index contributed by atoms with van der Waals surface area (Å²) in [7, 11) is 0. The molecule has 0 heterocycles. The number of nitrogens with one attached hydrogen (secondary N) is 1. The van der Waals surface area contributed by atoms with Crippen LogP contribution < -0.4 is 5.32 Å². The number of benzene rings is 2. The molecule has 1 aliphatic rings. The van der Waals surface area contributed by atoms with Crippen molar-refractivity contribution in [2.75, 3.05) is 12.3 Å². The number of hydrogen-bond acceptors (Lipinski definition) is 3. The van der Waals surface area contributed by atoms with Crippen molar-refractivity contribution in [3.05, 3.63) is 69.7 Å². The number of hydrogen-bond donors (Lipinski definition) is 1. The number of rotatable bonds is 11. The highest BCUT2D eigenvalue weighted by Crippen LogP contribution is 2.25. The van der Waals surface area contributed by atoms with Crippen LogP contribution in [0.3, 0.4) is 0 Å². The first-order valence-electron chi connectivity index (χ1n) is 12.1. The second-order valence-electron chi connectivity index (χ2n) is 8.82. The van der Waals surface area contributed by atoms with Crippen molar-refractivity contribution >= 4 is 46.8 Å². The molecule has 1 fully saturated rings. The Hall–Kier alpha value is -1.69. The zero-order valence-corrected chi connectivity index (χ0v) is 22.1. The number of carbonyl (C=O) groups excluding carboxylic acids is 2. The lowest BCUT2D eigenvalue weighted by Crippen LogP contribution is -2.52. The number of halogens is 2. The van der Waals surface area contributed by atoms with Gasteiger partial charge in [0, 0.05) is 28.4 Å². The van der Waals surface area contributed by atoms with Gasteiger partial charge in [0.1, 0.15) is 6.04 Å². The fraction of sp³-hybridized carbons (Fsp3) is 0.481. The van der Waals surface area contributed by atoms with E-state index in [-0.39, 0.29) is 17.9 Å². The zero-order valence-electron chi connectivity index (χ0n) is 19.8. The smallest absolute Gasteiger partial charge is 0.243 e. The third-order valence-electron chi connectivity index (χ3n) is 6.32. The lowest BCUT2D eigenvalue weighted by molar-refractivity contribution is -0.139. The molecule has 1 aliphatic carbocycles. The quantitative estimate of drug-likeness (QED) is 0.366. The van der Waals surface area contributed by atoms with Gasteiger partial charge >= 0.3 is 0 Å². The van der Waals surface area contributed by atoms with Crippen molar-refractivity contribution in [3.8, 4) is 0 Å². The number of carbonyl (C=O) groups is 2. The Morgan fingerprint density at radius 1 is 1.09 bits per heavy atom. The highest BCUT2D eigenvalue weighted by molar-refractivity contribution is 7.99. The van der Waals surface area contributed by atoms with Gasteiger partial charge in [-0.15, -0.1) is 11.8 Å². The van der Waals surface area contributed by atoms with Crippen molar-refractivity contribution in [1.29, 1.82) is 0 Å². The second-order valence-corrected chi connectivity index (χ2v) is 10.6. The summed E-state index contributed by atoms with van der Waals surface area (Å²) in [6, 6.07) is 15.3. The largest absolute Gasteiger partial charge is 0.352 e. The van der Waals surface area contributed by atoms with Gasteiger partial charge < -0.3 is 10.2 Å². The van der Waals surface area contributed by atoms with E-state index in [9.17, 15) is 9.59 Å². The standard InChI is InChI=1S/C27H34Cl2N2O2S/c1-2-25(27(33)30-23-11-7-4-8-12-23)31(16-15-20-9-5-3-6-10-20)26(32)19-34-18-21-13-14-22(28)17-24(21)29/h3,5-6,9-10,13-14,17,23,25H,2,4,7-8,11-12,15-16,18-19H2,1H3,(H,30,33)/t25-/m0/s1. The van der Waals surface area contributed by atoms with Crippen LogP contribution in [-0.2, 0) is 21.8 Å². The Morgan fingerprint density at radius 3 is 2.50 bits per heavy atom. The van der Waals surface area contributed by atoms with Crippen LogP contribution in [0.5, 0.6) is 0 Å². The predicted octanol–water partition coefficient (Wildman–Crippen LogP) is 6.53. The molecule has 184 valence electrons. The number of thioether (sulfide) groups is 1. The molecule has 0 aromatic heterocycles. The third kappa shape index (κ3) is 8.21. The monoisotopic (exact) mass is 520 g/mol. The summed E-state index contributed by atoms with van der Waals surface area (Å²) >= 11 is 13.8. The van der Waals surface area contributed by atoms with Gasteiger partial charge in [0.15, 0.2) is 0 Å². The summed E-state index contributed by atoms with van der Waals surface area (Å²) in [4.78, 5) is 28.4. The molecule has 1 N–H and O–H groups in total. The molecule has 0 radical (unpaired) electrons. The van der Waals surface area contributed by atoms with Crippen LogP contribution >= 0.6 is 35.0 Å². The predicted molar refractivity (Wildman–Crippen MR) is 144 cm³/mol. The summed E-state index contributed by atoms with van der Waals surface area (Å²) in [6.45, 7) is 2.50. The minimum Gasteiger partial charge on any atom is -0.352 e. The fourth-order valence-corrected chi connectivity index (χ4v) is 5.88. The van der Waals surface area contributed by atoms with Gasteiger partial charge in [-0.1, -0.05) is 85.8 Å². The molecule has 0 saturated heterocycles. The summed E-state index contributed by atoms with van der Waals surface area (Å²) in [5.74, 6) is 0.860. The van der Waals surface area contributed by atoms with Crippen LogP contribution in [0.4, 0.5) is 0 Å². The van der Waals surface area contributed by atoms with Crippen molar-refractivity contribution in [1.82, 2.24) is 10.2 Å². The van der Waals surface area contributed by atoms with Crippen LogP contribution in [0, 0.1) is 0 Å². The van der Waals surface area contributed by atoms with E-state index in [1.54, 1.807) is 17.0 Å². The molecule has 0 bridgehead atoms. The Morgan fingerprint density at radius 2 is 1.82 bits per heavy atom. The summed E-state index contributed by atoms with van der Waals surface area (Å²) in [6.07, 6.45) is 6.90. The first-order valence-corrected chi connectivity index (χ1v) is 14.0.